The molecule has 138 valence electrons. The van der Waals surface area contributed by atoms with Gasteiger partial charge in [0.15, 0.2) is 0 Å². The molecule has 1 aliphatic rings. The largest absolute Gasteiger partial charge is 0.480 e. The maximum atomic E-state index is 12.1. The summed E-state index contributed by atoms with van der Waals surface area (Å²) >= 11 is 0. The van der Waals surface area contributed by atoms with Crippen molar-refractivity contribution in [1.82, 2.24) is 4.98 Å². The number of piperidine rings is 1. The number of anilines is 1. The van der Waals surface area contributed by atoms with Crippen molar-refractivity contribution in [1.29, 1.82) is 0 Å². The number of fused-ring (bicyclic) bond motifs is 1. The normalized spacial score (nSPS) is 17.2. The van der Waals surface area contributed by atoms with Gasteiger partial charge in [-0.15, -0.1) is 0 Å². The third-order valence-electron chi connectivity index (χ3n) is 5.11. The quantitative estimate of drug-likeness (QED) is 0.764. The first-order valence-electron chi connectivity index (χ1n) is 9.05. The van der Waals surface area contributed by atoms with Gasteiger partial charge in [-0.2, -0.15) is 4.98 Å². The van der Waals surface area contributed by atoms with E-state index in [0.29, 0.717) is 18.8 Å². The van der Waals surface area contributed by atoms with E-state index in [0.717, 1.165) is 34.9 Å². The second-order valence-electron chi connectivity index (χ2n) is 6.86. The van der Waals surface area contributed by atoms with E-state index in [2.05, 4.69) is 4.98 Å². The Bertz CT molecular complexity index is 1070. The van der Waals surface area contributed by atoms with Crippen LogP contribution < -0.4 is 10.5 Å². The van der Waals surface area contributed by atoms with Gasteiger partial charge in [-0.05, 0) is 49.4 Å². The molecule has 2 aromatic heterocycles. The minimum absolute atomic E-state index is 0.230. The molecule has 6 nitrogen and oxygen atoms in total. The molecule has 0 spiro atoms. The summed E-state index contributed by atoms with van der Waals surface area (Å²) in [5.74, 6) is -0.327. The van der Waals surface area contributed by atoms with Crippen molar-refractivity contribution >= 4 is 22.9 Å². The summed E-state index contributed by atoms with van der Waals surface area (Å²) in [5, 5.41) is 10.2. The Hall–Kier alpha value is -3.15. The number of hydrogen-bond acceptors (Lipinski definition) is 5. The minimum atomic E-state index is -0.855. The van der Waals surface area contributed by atoms with Gasteiger partial charge in [-0.1, -0.05) is 24.3 Å². The first-order valence-corrected chi connectivity index (χ1v) is 9.05. The number of carbonyl (C=O) groups is 1. The fourth-order valence-corrected chi connectivity index (χ4v) is 3.75. The van der Waals surface area contributed by atoms with Crippen LogP contribution in [0.3, 0.4) is 0 Å². The van der Waals surface area contributed by atoms with Crippen molar-refractivity contribution in [3.05, 3.63) is 58.4 Å². The predicted molar refractivity (Wildman–Crippen MR) is 103 cm³/mol. The molecule has 0 unspecified atom stereocenters. The smallest absolute Gasteiger partial charge is 0.338 e. The van der Waals surface area contributed by atoms with Gasteiger partial charge >= 0.3 is 11.6 Å². The highest BCUT2D eigenvalue weighted by atomic mass is 16.4. The highest BCUT2D eigenvalue weighted by Crippen LogP contribution is 2.31. The predicted octanol–water partition coefficient (Wildman–Crippen LogP) is 3.61. The Morgan fingerprint density at radius 1 is 1.19 bits per heavy atom. The summed E-state index contributed by atoms with van der Waals surface area (Å²) < 4.78 is 5.35. The average Bonchev–Trinajstić information content (AvgIpc) is 2.67. The summed E-state index contributed by atoms with van der Waals surface area (Å²) in [6.07, 6.45) is 2.38. The SMILES string of the molecule is Cc1ccccc1-c1cc(=O)oc2nc(N3CCCC[C@@H]3C(=O)O)ccc12. The third-order valence-corrected chi connectivity index (χ3v) is 5.11. The molecular formula is C21H20N2O4. The van der Waals surface area contributed by atoms with E-state index in [1.807, 2.05) is 43.3 Å². The van der Waals surface area contributed by atoms with Gasteiger partial charge in [0.1, 0.15) is 11.9 Å². The van der Waals surface area contributed by atoms with Gasteiger partial charge in [0.25, 0.3) is 0 Å². The highest BCUT2D eigenvalue weighted by molar-refractivity contribution is 5.93. The van der Waals surface area contributed by atoms with E-state index < -0.39 is 17.6 Å². The molecule has 6 heteroatoms. The molecule has 3 heterocycles. The van der Waals surface area contributed by atoms with Gasteiger partial charge < -0.3 is 14.4 Å². The fourth-order valence-electron chi connectivity index (χ4n) is 3.75. The summed E-state index contributed by atoms with van der Waals surface area (Å²) in [6, 6.07) is 12.4. The van der Waals surface area contributed by atoms with Gasteiger partial charge in [-0.3, -0.25) is 0 Å². The molecule has 0 amide bonds. The molecule has 27 heavy (non-hydrogen) atoms. The van der Waals surface area contributed by atoms with Crippen LogP contribution in [0.4, 0.5) is 5.82 Å². The lowest BCUT2D eigenvalue weighted by atomic mass is 9.98. The fraction of sp³-hybridized carbons (Fsp3) is 0.286. The summed E-state index contributed by atoms with van der Waals surface area (Å²) in [5.41, 5.74) is 2.53. The van der Waals surface area contributed by atoms with Gasteiger partial charge in [0, 0.05) is 23.6 Å². The molecule has 0 aliphatic carbocycles. The molecule has 1 aliphatic heterocycles. The van der Waals surface area contributed by atoms with Crippen LogP contribution in [-0.4, -0.2) is 28.6 Å². The molecule has 1 saturated heterocycles. The monoisotopic (exact) mass is 364 g/mol. The molecule has 1 N–H and O–H groups in total. The number of aromatic nitrogens is 1. The van der Waals surface area contributed by atoms with Gasteiger partial charge in [0.2, 0.25) is 5.71 Å². The van der Waals surface area contributed by atoms with Crippen LogP contribution in [0.25, 0.3) is 22.2 Å². The van der Waals surface area contributed by atoms with Gasteiger partial charge in [0.05, 0.1) is 0 Å². The Balaban J connectivity index is 1.85. The molecule has 1 atom stereocenters. The minimum Gasteiger partial charge on any atom is -0.480 e. The van der Waals surface area contributed by atoms with Gasteiger partial charge in [-0.25, -0.2) is 9.59 Å². The average molecular weight is 364 g/mol. The zero-order valence-electron chi connectivity index (χ0n) is 15.0. The zero-order valence-corrected chi connectivity index (χ0v) is 15.0. The number of carboxylic acid groups (broad SMARTS) is 1. The Labute approximate surface area is 156 Å². The van der Waals surface area contributed by atoms with Crippen molar-refractivity contribution < 1.29 is 14.3 Å². The molecule has 0 bridgehead atoms. The lowest BCUT2D eigenvalue weighted by Crippen LogP contribution is -2.45. The first-order chi connectivity index (χ1) is 13.0. The third kappa shape index (κ3) is 3.18. The molecule has 1 aromatic carbocycles. The second-order valence-corrected chi connectivity index (χ2v) is 6.86. The maximum absolute atomic E-state index is 12.1. The number of aliphatic carboxylic acids is 1. The van der Waals surface area contributed by atoms with Crippen LogP contribution >= 0.6 is 0 Å². The molecule has 4 rings (SSSR count). The Kier molecular flexibility index (Phi) is 4.39. The van der Waals surface area contributed by atoms with Crippen molar-refractivity contribution in [2.45, 2.75) is 32.2 Å². The van der Waals surface area contributed by atoms with Crippen LogP contribution in [0.5, 0.6) is 0 Å². The van der Waals surface area contributed by atoms with Crippen LogP contribution in [0.15, 0.2) is 51.7 Å². The van der Waals surface area contributed by atoms with Crippen molar-refractivity contribution in [3.63, 3.8) is 0 Å². The number of pyridine rings is 1. The molecule has 1 fully saturated rings. The number of rotatable bonds is 3. The summed E-state index contributed by atoms with van der Waals surface area (Å²) in [4.78, 5) is 30.0. The second kappa shape index (κ2) is 6.87. The first kappa shape index (κ1) is 17.3. The number of hydrogen-bond donors (Lipinski definition) is 1. The van der Waals surface area contributed by atoms with E-state index in [1.165, 1.54) is 6.07 Å². The maximum Gasteiger partial charge on any atom is 0.338 e. The highest BCUT2D eigenvalue weighted by Gasteiger charge is 2.29. The van der Waals surface area contributed by atoms with Crippen LogP contribution in [0.1, 0.15) is 24.8 Å². The standard InChI is InChI=1S/C21H20N2O4/c1-13-6-2-3-7-14(13)16-12-19(24)27-20-15(16)9-10-18(22-20)23-11-5-4-8-17(23)21(25)26/h2-3,6-7,9-10,12,17H,4-5,8,11H2,1H3,(H,25,26)/t17-/m1/s1. The van der Waals surface area contributed by atoms with E-state index in [9.17, 15) is 14.7 Å². The zero-order chi connectivity index (χ0) is 19.0. The lowest BCUT2D eigenvalue weighted by molar-refractivity contribution is -0.139. The summed E-state index contributed by atoms with van der Waals surface area (Å²) in [6.45, 7) is 2.61. The van der Waals surface area contributed by atoms with E-state index >= 15 is 0 Å². The van der Waals surface area contributed by atoms with E-state index in [-0.39, 0.29) is 5.71 Å². The molecule has 3 aromatic rings. The lowest BCUT2D eigenvalue weighted by Gasteiger charge is -2.33. The molecular weight excluding hydrogens is 344 g/mol. The topological polar surface area (TPSA) is 83.6 Å². The van der Waals surface area contributed by atoms with E-state index in [1.54, 1.807) is 4.90 Å². The molecule has 0 saturated carbocycles. The van der Waals surface area contributed by atoms with Crippen LogP contribution in [0.2, 0.25) is 0 Å². The van der Waals surface area contributed by atoms with E-state index in [4.69, 9.17) is 4.42 Å². The number of nitrogens with zero attached hydrogens (tertiary/aromatic N) is 2. The Morgan fingerprint density at radius 3 is 2.78 bits per heavy atom. The Morgan fingerprint density at radius 2 is 2.00 bits per heavy atom. The van der Waals surface area contributed by atoms with Crippen molar-refractivity contribution in [3.8, 4) is 11.1 Å². The summed E-state index contributed by atoms with van der Waals surface area (Å²) in [7, 11) is 0. The van der Waals surface area contributed by atoms with Crippen LogP contribution in [0, 0.1) is 6.92 Å². The number of benzene rings is 1. The van der Waals surface area contributed by atoms with Crippen molar-refractivity contribution in [2.24, 2.45) is 0 Å². The van der Waals surface area contributed by atoms with Crippen LogP contribution in [-0.2, 0) is 4.79 Å². The molecule has 0 radical (unpaired) electrons. The number of aryl methyl sites for hydroxylation is 1. The van der Waals surface area contributed by atoms with Crippen molar-refractivity contribution in [2.75, 3.05) is 11.4 Å². The number of carboxylic acids is 1.